The fourth-order valence-electron chi connectivity index (χ4n) is 1.77. The number of aromatic nitrogens is 2. The Labute approximate surface area is 141 Å². The van der Waals surface area contributed by atoms with Crippen LogP contribution in [-0.4, -0.2) is 13.6 Å². The molecule has 0 saturated carbocycles. The van der Waals surface area contributed by atoms with Gasteiger partial charge in [-0.25, -0.2) is 8.42 Å². The molecule has 0 saturated heterocycles. The first-order valence-corrected chi connectivity index (χ1v) is 8.77. The summed E-state index contributed by atoms with van der Waals surface area (Å²) in [6, 6.07) is 16.0. The van der Waals surface area contributed by atoms with Gasteiger partial charge in [0.05, 0.1) is 10.1 Å². The van der Waals surface area contributed by atoms with Crippen LogP contribution in [0.15, 0.2) is 80.2 Å². The number of rotatable bonds is 6. The highest BCUT2D eigenvalue weighted by atomic mass is 32.2. The van der Waals surface area contributed by atoms with Crippen LogP contribution in [0.4, 0.5) is 0 Å². The molecule has 0 bridgehead atoms. The second-order valence-corrected chi connectivity index (χ2v) is 6.96. The van der Waals surface area contributed by atoms with Crippen LogP contribution in [0.5, 0.6) is 5.75 Å². The Bertz CT molecular complexity index is 913. The first-order chi connectivity index (χ1) is 11.6. The molecule has 2 aromatic carbocycles. The zero-order valence-corrected chi connectivity index (χ0v) is 13.6. The van der Waals surface area contributed by atoms with Crippen LogP contribution in [0.2, 0.25) is 0 Å². The summed E-state index contributed by atoms with van der Waals surface area (Å²) in [5.41, 5.74) is 0. The average Bonchev–Trinajstić information content (AvgIpc) is 2.98. The fourth-order valence-corrected chi connectivity index (χ4v) is 3.82. The topological polar surface area (TPSA) is 106 Å². The molecule has 3 aromatic rings. The van der Waals surface area contributed by atoms with Crippen molar-refractivity contribution in [1.82, 2.24) is 5.16 Å². The number of sulfone groups is 1. The van der Waals surface area contributed by atoms with Crippen molar-refractivity contribution in [2.24, 2.45) is 0 Å². The molecule has 0 aliphatic heterocycles. The van der Waals surface area contributed by atoms with E-state index < -0.39 is 14.9 Å². The largest absolute Gasteiger partial charge is 0.358 e. The number of para-hydroxylation sites is 1. The maximum Gasteiger partial charge on any atom is 0.330 e. The molecule has 0 aliphatic rings. The molecule has 0 fully saturated rings. The molecule has 0 atom stereocenters. The van der Waals surface area contributed by atoms with Crippen LogP contribution in [0.3, 0.4) is 0 Å². The standard InChI is InChI=1S/C14H10N2O6S2/c17-16-14(24(18,19)12-9-5-2-6-10-12)13(15-21-16)23-22-20-11-7-3-1-4-8-11/h1-10H. The smallest absolute Gasteiger partial charge is 0.330 e. The molecule has 0 spiro atoms. The second-order valence-electron chi connectivity index (χ2n) is 4.40. The molecule has 3 rings (SSSR count). The fraction of sp³-hybridized carbons (Fsp3) is 0. The first-order valence-electron chi connectivity index (χ1n) is 6.55. The van der Waals surface area contributed by atoms with Crippen LogP contribution in [0.25, 0.3) is 0 Å². The summed E-state index contributed by atoms with van der Waals surface area (Å²) in [6.45, 7) is 0. The van der Waals surface area contributed by atoms with Crippen molar-refractivity contribution in [3.63, 3.8) is 0 Å². The van der Waals surface area contributed by atoms with Crippen LogP contribution in [0.1, 0.15) is 0 Å². The molecule has 1 aromatic heterocycles. The lowest BCUT2D eigenvalue weighted by atomic mass is 10.3. The molecule has 0 unspecified atom stereocenters. The zero-order chi connectivity index (χ0) is 17.0. The van der Waals surface area contributed by atoms with Crippen molar-refractivity contribution < 1.29 is 27.2 Å². The van der Waals surface area contributed by atoms with E-state index >= 15 is 0 Å². The maximum absolute atomic E-state index is 12.5. The van der Waals surface area contributed by atoms with Gasteiger partial charge in [-0.3, -0.25) is 4.63 Å². The molecule has 24 heavy (non-hydrogen) atoms. The Kier molecular flexibility index (Phi) is 4.69. The lowest BCUT2D eigenvalue weighted by Gasteiger charge is -2.02. The third-order valence-corrected chi connectivity index (χ3v) is 5.28. The van der Waals surface area contributed by atoms with Gasteiger partial charge in [0.15, 0.2) is 5.75 Å². The monoisotopic (exact) mass is 366 g/mol. The number of benzene rings is 2. The highest BCUT2D eigenvalue weighted by Crippen LogP contribution is 2.28. The Balaban J connectivity index is 1.82. The van der Waals surface area contributed by atoms with E-state index in [1.165, 1.54) is 24.3 Å². The Hall–Kier alpha value is -2.56. The van der Waals surface area contributed by atoms with Gasteiger partial charge in [0.25, 0.3) is 9.84 Å². The van der Waals surface area contributed by atoms with E-state index in [0.29, 0.717) is 17.8 Å². The summed E-state index contributed by atoms with van der Waals surface area (Å²) in [7, 11) is -4.11. The number of hydrogen-bond donors (Lipinski definition) is 0. The van der Waals surface area contributed by atoms with Gasteiger partial charge in [0, 0.05) is 0 Å². The summed E-state index contributed by atoms with van der Waals surface area (Å²) in [6.07, 6.45) is 0. The Morgan fingerprint density at radius 3 is 2.33 bits per heavy atom. The van der Waals surface area contributed by atoms with Gasteiger partial charge in [-0.15, -0.1) is 4.33 Å². The summed E-state index contributed by atoms with van der Waals surface area (Å²) in [5, 5.41) is 14.1. The molecule has 0 radical (unpaired) electrons. The van der Waals surface area contributed by atoms with Crippen LogP contribution < -0.4 is 9.79 Å². The van der Waals surface area contributed by atoms with Gasteiger partial charge in [0.1, 0.15) is 12.0 Å². The van der Waals surface area contributed by atoms with Gasteiger partial charge in [-0.1, -0.05) is 36.4 Å². The van der Waals surface area contributed by atoms with E-state index in [1.54, 1.807) is 36.4 Å². The van der Waals surface area contributed by atoms with Gasteiger partial charge >= 0.3 is 10.1 Å². The predicted octanol–water partition coefficient (Wildman–Crippen LogP) is 2.16. The summed E-state index contributed by atoms with van der Waals surface area (Å²) >= 11 is 0.457. The van der Waals surface area contributed by atoms with Gasteiger partial charge in [0.2, 0.25) is 0 Å². The quantitative estimate of drug-likeness (QED) is 0.283. The predicted molar refractivity (Wildman–Crippen MR) is 81.4 cm³/mol. The van der Waals surface area contributed by atoms with Crippen LogP contribution in [-0.2, 0) is 14.2 Å². The van der Waals surface area contributed by atoms with Crippen molar-refractivity contribution in [2.45, 2.75) is 14.9 Å². The Morgan fingerprint density at radius 1 is 1.04 bits per heavy atom. The number of nitrogens with zero attached hydrogens (tertiary/aromatic N) is 2. The first kappa shape index (κ1) is 16.3. The van der Waals surface area contributed by atoms with Gasteiger partial charge < -0.3 is 10.1 Å². The number of hydrogen-bond acceptors (Lipinski definition) is 8. The SMILES string of the molecule is O=S(=O)(c1ccccc1)c1c(SOOc2ccccc2)no[n+]1[O-]. The second kappa shape index (κ2) is 6.91. The maximum atomic E-state index is 12.5. The van der Waals surface area contributed by atoms with Crippen molar-refractivity contribution in [2.75, 3.05) is 0 Å². The third-order valence-electron chi connectivity index (χ3n) is 2.84. The van der Waals surface area contributed by atoms with E-state index in [9.17, 15) is 13.6 Å². The third kappa shape index (κ3) is 3.35. The van der Waals surface area contributed by atoms with Crippen LogP contribution in [0, 0.1) is 5.21 Å². The van der Waals surface area contributed by atoms with E-state index in [0.717, 1.165) is 0 Å². The molecule has 0 amide bonds. The molecular weight excluding hydrogens is 356 g/mol. The van der Waals surface area contributed by atoms with E-state index in [2.05, 4.69) is 9.79 Å². The lowest BCUT2D eigenvalue weighted by molar-refractivity contribution is -0.832. The lowest BCUT2D eigenvalue weighted by Crippen LogP contribution is -2.30. The summed E-state index contributed by atoms with van der Waals surface area (Å²) in [4.78, 5) is 4.72. The van der Waals surface area contributed by atoms with Gasteiger partial charge in [-0.2, -0.15) is 0 Å². The molecule has 8 nitrogen and oxygen atoms in total. The molecule has 0 N–H and O–H groups in total. The van der Waals surface area contributed by atoms with E-state index in [1.807, 2.05) is 0 Å². The minimum Gasteiger partial charge on any atom is -0.358 e. The van der Waals surface area contributed by atoms with E-state index in [-0.39, 0.29) is 14.8 Å². The minimum absolute atomic E-state index is 0.0661. The highest BCUT2D eigenvalue weighted by molar-refractivity contribution is 7.96. The minimum atomic E-state index is -4.11. The molecule has 124 valence electrons. The summed E-state index contributed by atoms with van der Waals surface area (Å²) in [5.74, 6) is 0.399. The van der Waals surface area contributed by atoms with Crippen molar-refractivity contribution in [3.05, 3.63) is 65.9 Å². The molecule has 0 aliphatic carbocycles. The molecule has 1 heterocycles. The van der Waals surface area contributed by atoms with Crippen molar-refractivity contribution in [1.29, 1.82) is 0 Å². The van der Waals surface area contributed by atoms with Gasteiger partial charge in [-0.05, 0) is 29.2 Å². The highest BCUT2D eigenvalue weighted by Gasteiger charge is 2.35. The zero-order valence-electron chi connectivity index (χ0n) is 11.9. The van der Waals surface area contributed by atoms with Crippen molar-refractivity contribution >= 4 is 21.9 Å². The normalized spacial score (nSPS) is 11.3. The summed E-state index contributed by atoms with van der Waals surface area (Å²) < 4.78 is 34.3. The molecule has 10 heteroatoms. The van der Waals surface area contributed by atoms with E-state index in [4.69, 9.17) is 9.22 Å². The Morgan fingerprint density at radius 2 is 1.67 bits per heavy atom. The molecular formula is C14H10N2O6S2. The van der Waals surface area contributed by atoms with Crippen molar-refractivity contribution in [3.8, 4) is 5.75 Å². The van der Waals surface area contributed by atoms with Crippen LogP contribution >= 0.6 is 12.0 Å². The average molecular weight is 366 g/mol.